The minimum absolute atomic E-state index is 0.0294. The second kappa shape index (κ2) is 9.52. The second-order valence-electron chi connectivity index (χ2n) is 8.16. The Kier molecular flexibility index (Phi) is 4.81. The van der Waals surface area contributed by atoms with Crippen molar-refractivity contribution < 1.29 is 35.1 Å². The van der Waals surface area contributed by atoms with E-state index in [2.05, 4.69) is 4.90 Å². The van der Waals surface area contributed by atoms with Gasteiger partial charge in [0.05, 0.1) is 21.1 Å². The van der Waals surface area contributed by atoms with Gasteiger partial charge in [0.25, 0.3) is 5.91 Å². The summed E-state index contributed by atoms with van der Waals surface area (Å²) < 4.78 is 66.8. The number of hydrogen-bond acceptors (Lipinski definition) is 6. The molecule has 9 heteroatoms. The highest BCUT2D eigenvalue weighted by atomic mass is 19.1. The van der Waals surface area contributed by atoms with Gasteiger partial charge >= 0.3 is 0 Å². The molecule has 5 rings (SSSR count). The lowest BCUT2D eigenvalue weighted by molar-refractivity contribution is -0.136. The zero-order valence-electron chi connectivity index (χ0n) is 23.2. The van der Waals surface area contributed by atoms with Crippen molar-refractivity contribution in [2.75, 3.05) is 26.3 Å². The summed E-state index contributed by atoms with van der Waals surface area (Å²) in [5, 5.41) is 1.68. The second-order valence-corrected chi connectivity index (χ2v) is 8.16. The molecule has 2 fully saturated rings. The van der Waals surface area contributed by atoms with Gasteiger partial charge < -0.3 is 14.4 Å². The number of carbonyl (C=O) groups excluding carboxylic acids is 3. The predicted octanol–water partition coefficient (Wildman–Crippen LogP) is 2.00. The lowest BCUT2D eigenvalue weighted by Gasteiger charge is -2.29. The Bertz CT molecular complexity index is 1350. The van der Waals surface area contributed by atoms with Gasteiger partial charge in [-0.15, -0.1) is 0 Å². The van der Waals surface area contributed by atoms with Crippen molar-refractivity contribution in [3.63, 3.8) is 0 Å². The van der Waals surface area contributed by atoms with Gasteiger partial charge in [0, 0.05) is 48.2 Å². The van der Waals surface area contributed by atoms with Crippen LogP contribution in [0.1, 0.15) is 46.6 Å². The van der Waals surface area contributed by atoms with Gasteiger partial charge in [-0.3, -0.25) is 24.6 Å². The van der Waals surface area contributed by atoms with Crippen LogP contribution in [0.4, 0.5) is 4.39 Å². The largest absolute Gasteiger partial charge is 0.488 e. The molecule has 0 bridgehead atoms. The van der Waals surface area contributed by atoms with Crippen molar-refractivity contribution in [1.82, 2.24) is 15.1 Å². The smallest absolute Gasteiger partial charge is 0.255 e. The van der Waals surface area contributed by atoms with Crippen LogP contribution in [0.15, 0.2) is 36.4 Å². The van der Waals surface area contributed by atoms with E-state index in [1.54, 1.807) is 17.4 Å². The molecule has 3 aliphatic rings. The van der Waals surface area contributed by atoms with Crippen LogP contribution in [0.25, 0.3) is 0 Å². The first-order chi connectivity index (χ1) is 18.4. The van der Waals surface area contributed by atoms with Gasteiger partial charge in [-0.25, -0.2) is 4.39 Å². The summed E-state index contributed by atoms with van der Waals surface area (Å²) in [6.45, 7) is 2.79. The van der Waals surface area contributed by atoms with Gasteiger partial charge in [0.2, 0.25) is 11.8 Å². The number of morpholine rings is 1. The van der Waals surface area contributed by atoms with Crippen LogP contribution in [0.5, 0.6) is 5.75 Å². The molecule has 178 valence electrons. The van der Waals surface area contributed by atoms with Crippen LogP contribution in [0.2, 0.25) is 0 Å². The normalized spacial score (nSPS) is 28.2. The zero-order chi connectivity index (χ0) is 28.2. The van der Waals surface area contributed by atoms with Crippen molar-refractivity contribution in [2.24, 2.45) is 0 Å². The third-order valence-electron chi connectivity index (χ3n) is 5.93. The number of piperidine rings is 1. The molecular formula is C25H26FN3O5. The molecule has 3 amide bonds. The molecule has 2 aromatic carbocycles. The van der Waals surface area contributed by atoms with E-state index < -0.39 is 48.8 Å². The van der Waals surface area contributed by atoms with Crippen molar-refractivity contribution in [3.05, 3.63) is 64.5 Å². The molecule has 1 unspecified atom stereocenters. The Balaban J connectivity index is 1.38. The first-order valence-corrected chi connectivity index (χ1v) is 10.9. The number of amides is 3. The molecule has 0 spiro atoms. The average molecular weight is 473 g/mol. The molecule has 2 saturated heterocycles. The van der Waals surface area contributed by atoms with E-state index >= 15 is 0 Å². The quantitative estimate of drug-likeness (QED) is 0.647. The van der Waals surface area contributed by atoms with Gasteiger partial charge in [0.15, 0.2) is 0 Å². The number of carbonyl (C=O) groups is 3. The maximum atomic E-state index is 14.6. The minimum atomic E-state index is -3.37. The first-order valence-electron chi connectivity index (χ1n) is 13.4. The third kappa shape index (κ3) is 4.53. The Labute approximate surface area is 203 Å². The topological polar surface area (TPSA) is 88.2 Å². The number of nitrogens with one attached hydrogen (secondary N) is 1. The number of ether oxygens (including phenoxy) is 2. The molecule has 2 aromatic rings. The monoisotopic (exact) mass is 472 g/mol. The molecule has 34 heavy (non-hydrogen) atoms. The minimum Gasteiger partial charge on any atom is -0.488 e. The van der Waals surface area contributed by atoms with Gasteiger partial charge in [0.1, 0.15) is 24.2 Å². The molecule has 8 nitrogen and oxygen atoms in total. The number of hydrogen-bond donors (Lipinski definition) is 1. The predicted molar refractivity (Wildman–Crippen MR) is 119 cm³/mol. The molecule has 0 radical (unpaired) electrons. The fraction of sp³-hybridized carbons (Fsp3) is 0.400. The highest BCUT2D eigenvalue weighted by Gasteiger charge is 2.40. The van der Waals surface area contributed by atoms with Crippen molar-refractivity contribution >= 4 is 17.7 Å². The number of imide groups is 1. The average Bonchev–Trinajstić information content (AvgIpc) is 3.25. The van der Waals surface area contributed by atoms with E-state index in [4.69, 9.17) is 16.3 Å². The fourth-order valence-corrected chi connectivity index (χ4v) is 4.19. The summed E-state index contributed by atoms with van der Waals surface area (Å²) in [5.41, 5.74) is 1.44. The number of nitrogens with zero attached hydrogens (tertiary/aromatic N) is 2. The van der Waals surface area contributed by atoms with Crippen LogP contribution in [-0.2, 0) is 34.0 Å². The third-order valence-corrected chi connectivity index (χ3v) is 5.93. The van der Waals surface area contributed by atoms with Crippen LogP contribution in [0, 0.1) is 5.82 Å². The molecule has 0 saturated carbocycles. The van der Waals surface area contributed by atoms with E-state index in [0.717, 1.165) is 18.7 Å². The van der Waals surface area contributed by atoms with Crippen molar-refractivity contribution in [3.8, 4) is 5.75 Å². The Morgan fingerprint density at radius 2 is 2.03 bits per heavy atom. The summed E-state index contributed by atoms with van der Waals surface area (Å²) in [6.07, 6.45) is -6.64. The SMILES string of the molecule is [2H]C1([2H])C(=O)NC(=O)C([2H])(N2Cc3c(OCc4cc(CN5CCOCC5)ccc4F)cccc3C2=O)C1([2H])[2H]. The van der Waals surface area contributed by atoms with E-state index in [1.807, 2.05) is 0 Å². The molecule has 1 atom stereocenters. The van der Waals surface area contributed by atoms with E-state index in [1.165, 1.54) is 24.3 Å². The van der Waals surface area contributed by atoms with E-state index in [0.29, 0.717) is 24.7 Å². The summed E-state index contributed by atoms with van der Waals surface area (Å²) in [4.78, 5) is 40.8. The van der Waals surface area contributed by atoms with E-state index in [-0.39, 0.29) is 29.0 Å². The molecule has 0 aliphatic carbocycles. The number of benzene rings is 2. The Morgan fingerprint density at radius 1 is 1.21 bits per heavy atom. The summed E-state index contributed by atoms with van der Waals surface area (Å²) in [7, 11) is 0. The number of halogens is 1. The lowest BCUT2D eigenvalue weighted by Crippen LogP contribution is -2.52. The van der Waals surface area contributed by atoms with Gasteiger partial charge in [-0.2, -0.15) is 0 Å². The maximum Gasteiger partial charge on any atom is 0.255 e. The maximum absolute atomic E-state index is 14.6. The Hall–Kier alpha value is -3.30. The first kappa shape index (κ1) is 17.2. The zero-order valence-corrected chi connectivity index (χ0v) is 18.2. The van der Waals surface area contributed by atoms with Crippen molar-refractivity contribution in [1.29, 1.82) is 0 Å². The standard InChI is InChI=1S/C25H26FN3O5/c26-20-5-4-16(13-28-8-10-33-11-9-28)12-17(20)15-34-22-3-1-2-18-19(22)14-29(25(18)32)21-6-7-23(30)27-24(21)31/h1-5,12,21H,6-11,13-15H2,(H,27,30,31)/i6D2,7D2,21D. The van der Waals surface area contributed by atoms with Gasteiger partial charge in [-0.1, -0.05) is 12.1 Å². The van der Waals surface area contributed by atoms with Crippen molar-refractivity contribution in [2.45, 2.75) is 38.5 Å². The molecule has 0 aromatic heterocycles. The highest BCUT2D eigenvalue weighted by molar-refractivity contribution is 6.05. The van der Waals surface area contributed by atoms with E-state index in [9.17, 15) is 18.8 Å². The van der Waals surface area contributed by atoms with Crippen LogP contribution < -0.4 is 10.1 Å². The summed E-state index contributed by atoms with van der Waals surface area (Å²) in [6, 6.07) is 6.11. The summed E-state index contributed by atoms with van der Waals surface area (Å²) in [5.74, 6) is -4.17. The highest BCUT2D eigenvalue weighted by Crippen LogP contribution is 2.34. The Morgan fingerprint density at radius 3 is 2.85 bits per heavy atom. The van der Waals surface area contributed by atoms with Crippen LogP contribution >= 0.6 is 0 Å². The molecular weight excluding hydrogens is 441 g/mol. The van der Waals surface area contributed by atoms with Crippen LogP contribution in [-0.4, -0.2) is 59.8 Å². The van der Waals surface area contributed by atoms with Crippen LogP contribution in [0.3, 0.4) is 0 Å². The van der Waals surface area contributed by atoms with Gasteiger partial charge in [-0.05, 0) is 36.2 Å². The molecule has 1 N–H and O–H groups in total. The molecule has 3 aliphatic heterocycles. The summed E-state index contributed by atoms with van der Waals surface area (Å²) >= 11 is 0. The molecule has 3 heterocycles. The number of rotatable bonds is 6. The number of fused-ring (bicyclic) bond motifs is 1. The lowest BCUT2D eigenvalue weighted by atomic mass is 10.0. The fourth-order valence-electron chi connectivity index (χ4n) is 4.19.